The van der Waals surface area contributed by atoms with E-state index in [-0.39, 0.29) is 11.6 Å². The van der Waals surface area contributed by atoms with Crippen molar-refractivity contribution in [1.82, 2.24) is 9.88 Å². The van der Waals surface area contributed by atoms with Crippen LogP contribution in [0.4, 0.5) is 5.88 Å². The Morgan fingerprint density at radius 1 is 1.03 bits per heavy atom. The number of benzene rings is 2. The highest BCUT2D eigenvalue weighted by Gasteiger charge is 2.26. The summed E-state index contributed by atoms with van der Waals surface area (Å²) in [5.74, 6) is 0.891. The number of hydrogen-bond donors (Lipinski definition) is 0. The number of nitrogens with zero attached hydrogens (tertiary/aromatic N) is 4. The average molecular weight is 412 g/mol. The predicted molar refractivity (Wildman–Crippen MR) is 121 cm³/mol. The third kappa shape index (κ3) is 4.67. The number of carbonyl (C=O) groups is 1. The molecule has 156 valence electrons. The number of rotatable bonds is 4. The van der Waals surface area contributed by atoms with E-state index >= 15 is 0 Å². The molecule has 1 amide bonds. The minimum Gasteiger partial charge on any atom is -0.420 e. The summed E-state index contributed by atoms with van der Waals surface area (Å²) in [6, 6.07) is 17.9. The number of oxazole rings is 1. The summed E-state index contributed by atoms with van der Waals surface area (Å²) in [6.45, 7) is 6.32. The molecule has 0 N–H and O–H groups in total. The molecule has 1 aliphatic rings. The van der Waals surface area contributed by atoms with Gasteiger partial charge in [0.05, 0.1) is 0 Å². The fraction of sp³-hybridized carbons (Fsp3) is 0.240. The predicted octanol–water partition coefficient (Wildman–Crippen LogP) is 4.30. The molecule has 3 aromatic rings. The van der Waals surface area contributed by atoms with Crippen LogP contribution in [0.1, 0.15) is 38.6 Å². The van der Waals surface area contributed by atoms with Crippen LogP contribution in [0.5, 0.6) is 0 Å². The molecule has 6 heteroatoms. The number of anilines is 1. The van der Waals surface area contributed by atoms with Crippen molar-refractivity contribution >= 4 is 23.9 Å². The van der Waals surface area contributed by atoms with E-state index in [1.807, 2.05) is 78.3 Å². The lowest BCUT2D eigenvalue weighted by molar-refractivity contribution is 0.0745. The lowest BCUT2D eigenvalue weighted by atomic mass is 10.1. The van der Waals surface area contributed by atoms with Gasteiger partial charge >= 0.3 is 0 Å². The van der Waals surface area contributed by atoms with E-state index in [0.29, 0.717) is 43.5 Å². The molecule has 0 saturated carbocycles. The van der Waals surface area contributed by atoms with Crippen LogP contribution in [0.25, 0.3) is 12.2 Å². The molecule has 1 aliphatic heterocycles. The smallest absolute Gasteiger partial charge is 0.253 e. The molecule has 0 radical (unpaired) electrons. The van der Waals surface area contributed by atoms with Crippen molar-refractivity contribution in [3.05, 3.63) is 82.4 Å². The summed E-state index contributed by atoms with van der Waals surface area (Å²) in [4.78, 5) is 20.9. The van der Waals surface area contributed by atoms with Gasteiger partial charge in [-0.1, -0.05) is 47.5 Å². The molecule has 1 aromatic heterocycles. The Kier molecular flexibility index (Phi) is 5.85. The van der Waals surface area contributed by atoms with Crippen molar-refractivity contribution < 1.29 is 9.21 Å². The standard InChI is InChI=1S/C25H24N4O2/c1-18-6-8-20(9-7-18)10-11-23-27-22(17-26)25(31-23)29-14-12-28(13-15-29)24(30)21-5-3-4-19(2)16-21/h3-11,16H,12-15H2,1-2H3/b11-10+. The molecule has 0 aliphatic carbocycles. The fourth-order valence-corrected chi connectivity index (χ4v) is 3.61. The van der Waals surface area contributed by atoms with Gasteiger partial charge in [-0.3, -0.25) is 4.79 Å². The van der Waals surface area contributed by atoms with Gasteiger partial charge in [0.1, 0.15) is 6.07 Å². The Morgan fingerprint density at radius 2 is 1.77 bits per heavy atom. The monoisotopic (exact) mass is 412 g/mol. The molecule has 6 nitrogen and oxygen atoms in total. The van der Waals surface area contributed by atoms with Gasteiger partial charge in [0.15, 0.2) is 0 Å². The van der Waals surface area contributed by atoms with E-state index < -0.39 is 0 Å². The zero-order chi connectivity index (χ0) is 21.8. The van der Waals surface area contributed by atoms with Crippen molar-refractivity contribution in [2.45, 2.75) is 13.8 Å². The molecule has 0 unspecified atom stereocenters. The molecular weight excluding hydrogens is 388 g/mol. The third-order valence-corrected chi connectivity index (χ3v) is 5.35. The molecule has 31 heavy (non-hydrogen) atoms. The molecule has 0 spiro atoms. The number of amides is 1. The highest BCUT2D eigenvalue weighted by molar-refractivity contribution is 5.94. The second-order valence-corrected chi connectivity index (χ2v) is 7.71. The van der Waals surface area contributed by atoms with Gasteiger partial charge in [0, 0.05) is 37.8 Å². The summed E-state index contributed by atoms with van der Waals surface area (Å²) >= 11 is 0. The normalized spacial score (nSPS) is 14.1. The first kappa shape index (κ1) is 20.4. The zero-order valence-corrected chi connectivity index (χ0v) is 17.7. The van der Waals surface area contributed by atoms with Crippen molar-refractivity contribution in [3.8, 4) is 6.07 Å². The highest BCUT2D eigenvalue weighted by Crippen LogP contribution is 2.24. The lowest BCUT2D eigenvalue weighted by Gasteiger charge is -2.34. The van der Waals surface area contributed by atoms with Crippen molar-refractivity contribution in [1.29, 1.82) is 5.26 Å². The largest absolute Gasteiger partial charge is 0.420 e. The second-order valence-electron chi connectivity index (χ2n) is 7.71. The summed E-state index contributed by atoms with van der Waals surface area (Å²) in [7, 11) is 0. The SMILES string of the molecule is Cc1ccc(/C=C/c2nc(C#N)c(N3CCN(C(=O)c4cccc(C)c4)CC3)o2)cc1. The van der Waals surface area contributed by atoms with Gasteiger partial charge in [-0.05, 0) is 37.6 Å². The van der Waals surface area contributed by atoms with E-state index in [1.54, 1.807) is 6.08 Å². The maximum absolute atomic E-state index is 12.8. The molecule has 2 heterocycles. The Balaban J connectivity index is 1.44. The lowest BCUT2D eigenvalue weighted by Crippen LogP contribution is -2.48. The van der Waals surface area contributed by atoms with Gasteiger partial charge in [-0.15, -0.1) is 0 Å². The van der Waals surface area contributed by atoms with Crippen molar-refractivity contribution in [2.75, 3.05) is 31.1 Å². The Morgan fingerprint density at radius 3 is 2.45 bits per heavy atom. The number of aryl methyl sites for hydroxylation is 2. The molecule has 2 aromatic carbocycles. The Labute approximate surface area is 182 Å². The summed E-state index contributed by atoms with van der Waals surface area (Å²) in [5, 5.41) is 9.51. The van der Waals surface area contributed by atoms with Crippen LogP contribution in [0, 0.1) is 25.2 Å². The highest BCUT2D eigenvalue weighted by atomic mass is 16.4. The van der Waals surface area contributed by atoms with Crippen LogP contribution in [-0.2, 0) is 0 Å². The zero-order valence-electron chi connectivity index (χ0n) is 17.7. The summed E-state index contributed by atoms with van der Waals surface area (Å²) in [5.41, 5.74) is 4.27. The average Bonchev–Trinajstić information content (AvgIpc) is 3.22. The van der Waals surface area contributed by atoms with E-state index in [1.165, 1.54) is 5.56 Å². The first-order chi connectivity index (χ1) is 15.0. The van der Waals surface area contributed by atoms with Crippen molar-refractivity contribution in [3.63, 3.8) is 0 Å². The number of carbonyl (C=O) groups excluding carboxylic acids is 1. The van der Waals surface area contributed by atoms with Gasteiger partial charge in [0.25, 0.3) is 5.91 Å². The van der Waals surface area contributed by atoms with Gasteiger partial charge in [0.2, 0.25) is 17.5 Å². The molecule has 4 rings (SSSR count). The van der Waals surface area contributed by atoms with Gasteiger partial charge < -0.3 is 14.2 Å². The maximum atomic E-state index is 12.8. The van der Waals surface area contributed by atoms with Crippen molar-refractivity contribution in [2.24, 2.45) is 0 Å². The van der Waals surface area contributed by atoms with E-state index in [2.05, 4.69) is 11.1 Å². The fourth-order valence-electron chi connectivity index (χ4n) is 3.61. The number of hydrogen-bond acceptors (Lipinski definition) is 5. The minimum absolute atomic E-state index is 0.0307. The van der Waals surface area contributed by atoms with Gasteiger partial charge in [-0.2, -0.15) is 10.2 Å². The topological polar surface area (TPSA) is 73.4 Å². The Hall–Kier alpha value is -3.85. The van der Waals surface area contributed by atoms with Crippen LogP contribution in [-0.4, -0.2) is 42.0 Å². The minimum atomic E-state index is 0.0307. The molecule has 0 bridgehead atoms. The first-order valence-corrected chi connectivity index (χ1v) is 10.3. The quantitative estimate of drug-likeness (QED) is 0.639. The van der Waals surface area contributed by atoms with E-state index in [9.17, 15) is 10.1 Å². The molecular formula is C25H24N4O2. The van der Waals surface area contributed by atoms with Gasteiger partial charge in [-0.25, -0.2) is 0 Å². The van der Waals surface area contributed by atoms with Crippen LogP contribution in [0.15, 0.2) is 52.9 Å². The van der Waals surface area contributed by atoms with Crippen LogP contribution < -0.4 is 4.90 Å². The van der Waals surface area contributed by atoms with Crippen LogP contribution in [0.3, 0.4) is 0 Å². The number of piperazine rings is 1. The number of aromatic nitrogens is 1. The van der Waals surface area contributed by atoms with Crippen LogP contribution in [0.2, 0.25) is 0 Å². The molecule has 1 fully saturated rings. The van der Waals surface area contributed by atoms with E-state index in [4.69, 9.17) is 4.42 Å². The number of nitriles is 1. The summed E-state index contributed by atoms with van der Waals surface area (Å²) in [6.07, 6.45) is 3.68. The first-order valence-electron chi connectivity index (χ1n) is 10.3. The molecule has 0 atom stereocenters. The maximum Gasteiger partial charge on any atom is 0.253 e. The van der Waals surface area contributed by atoms with Crippen LogP contribution >= 0.6 is 0 Å². The third-order valence-electron chi connectivity index (χ3n) is 5.35. The molecule has 1 saturated heterocycles. The Bertz CT molecular complexity index is 1150. The second kappa shape index (κ2) is 8.88. The summed E-state index contributed by atoms with van der Waals surface area (Å²) < 4.78 is 5.89. The van der Waals surface area contributed by atoms with E-state index in [0.717, 1.165) is 11.1 Å².